The number of allylic oxidation sites excluding steroid dienone is 3. The fraction of sp³-hybridized carbons (Fsp3) is 0.683. The molecule has 49 heavy (non-hydrogen) atoms. The van der Waals surface area contributed by atoms with Crippen molar-refractivity contribution in [2.24, 2.45) is 47.2 Å². The van der Waals surface area contributed by atoms with Gasteiger partial charge < -0.3 is 36.5 Å². The van der Waals surface area contributed by atoms with Gasteiger partial charge in [-0.1, -0.05) is 82.8 Å². The van der Waals surface area contributed by atoms with Gasteiger partial charge in [-0.2, -0.15) is 0 Å². The lowest BCUT2D eigenvalue weighted by molar-refractivity contribution is -0.148. The number of dihydropyridines is 1. The molecule has 0 saturated heterocycles. The van der Waals surface area contributed by atoms with Gasteiger partial charge in [-0.25, -0.2) is 0 Å². The summed E-state index contributed by atoms with van der Waals surface area (Å²) in [7, 11) is 0. The molecule has 1 aromatic heterocycles. The first kappa shape index (κ1) is 37.4. The molecule has 1 aliphatic heterocycles. The number of aromatic amines is 1. The molecule has 3 aliphatic carbocycles. The molecular formula is C41H63N3O5. The van der Waals surface area contributed by atoms with Crippen LogP contribution in [0.15, 0.2) is 60.1 Å². The van der Waals surface area contributed by atoms with E-state index in [0.29, 0.717) is 44.0 Å². The highest BCUT2D eigenvalue weighted by molar-refractivity contribution is 5.70. The Morgan fingerprint density at radius 3 is 2.57 bits per heavy atom. The number of nitrogens with two attached hydrogens (primary N) is 1. The maximum Gasteiger partial charge on any atom is 0.309 e. The molecule has 0 spiro atoms. The summed E-state index contributed by atoms with van der Waals surface area (Å²) in [5, 5.41) is 48.2. The second-order valence-corrected chi connectivity index (χ2v) is 15.7. The van der Waals surface area contributed by atoms with E-state index < -0.39 is 29.5 Å². The highest BCUT2D eigenvalue weighted by atomic mass is 16.4. The predicted molar refractivity (Wildman–Crippen MR) is 195 cm³/mol. The van der Waals surface area contributed by atoms with Crippen LogP contribution in [-0.2, 0) is 17.6 Å². The van der Waals surface area contributed by atoms with Gasteiger partial charge in [-0.05, 0) is 98.8 Å². The van der Waals surface area contributed by atoms with Gasteiger partial charge in [0.05, 0.1) is 29.5 Å². The van der Waals surface area contributed by atoms with Crippen molar-refractivity contribution in [3.05, 3.63) is 71.4 Å². The van der Waals surface area contributed by atoms with Crippen LogP contribution in [0.2, 0.25) is 0 Å². The average molecular weight is 678 g/mol. The Morgan fingerprint density at radius 1 is 1.04 bits per heavy atom. The lowest BCUT2D eigenvalue weighted by Gasteiger charge is -2.42. The van der Waals surface area contributed by atoms with Gasteiger partial charge in [0.15, 0.2) is 0 Å². The summed E-state index contributed by atoms with van der Waals surface area (Å²) in [4.78, 5) is 15.9. The molecule has 1 fully saturated rings. The largest absolute Gasteiger partial charge is 0.481 e. The van der Waals surface area contributed by atoms with Crippen molar-refractivity contribution in [3.63, 3.8) is 0 Å². The molecule has 8 heteroatoms. The van der Waals surface area contributed by atoms with E-state index in [0.717, 1.165) is 57.1 Å². The van der Waals surface area contributed by atoms with Gasteiger partial charge in [0, 0.05) is 36.2 Å². The second kappa shape index (κ2) is 17.4. The van der Waals surface area contributed by atoms with E-state index in [2.05, 4.69) is 54.5 Å². The van der Waals surface area contributed by atoms with Gasteiger partial charge >= 0.3 is 5.97 Å². The fourth-order valence-corrected chi connectivity index (χ4v) is 9.38. The van der Waals surface area contributed by atoms with E-state index in [4.69, 9.17) is 5.73 Å². The van der Waals surface area contributed by atoms with Crippen LogP contribution in [0.1, 0.15) is 109 Å². The molecule has 272 valence electrons. The maximum atomic E-state index is 12.5. The summed E-state index contributed by atoms with van der Waals surface area (Å²) in [6.07, 6.45) is 26.5. The number of aryl methyl sites for hydroxylation is 1. The number of unbranched alkanes of at least 4 members (excludes halogenated alkanes) is 4. The van der Waals surface area contributed by atoms with Crippen LogP contribution in [0.3, 0.4) is 0 Å². The topological polar surface area (TPSA) is 152 Å². The van der Waals surface area contributed by atoms with Crippen LogP contribution in [0.25, 0.3) is 0 Å². The van der Waals surface area contributed by atoms with Crippen LogP contribution in [0.4, 0.5) is 0 Å². The van der Waals surface area contributed by atoms with Crippen molar-refractivity contribution in [2.75, 3.05) is 6.54 Å². The monoisotopic (exact) mass is 677 g/mol. The quantitative estimate of drug-likeness (QED) is 0.0688. The van der Waals surface area contributed by atoms with Gasteiger partial charge in [-0.3, -0.25) is 4.79 Å². The number of H-pyrrole nitrogens is 1. The van der Waals surface area contributed by atoms with E-state index >= 15 is 0 Å². The Hall–Kier alpha value is -2.81. The summed E-state index contributed by atoms with van der Waals surface area (Å²) in [6.45, 7) is 5.04. The number of carboxylic acids is 1. The van der Waals surface area contributed by atoms with Gasteiger partial charge in [0.1, 0.15) is 0 Å². The van der Waals surface area contributed by atoms with E-state index in [1.807, 2.05) is 18.3 Å². The number of aliphatic carboxylic acids is 1. The first-order valence-corrected chi connectivity index (χ1v) is 19.3. The summed E-state index contributed by atoms with van der Waals surface area (Å²) in [5.41, 5.74) is 8.56. The van der Waals surface area contributed by atoms with Gasteiger partial charge in [0.25, 0.3) is 0 Å². The number of aliphatic hydroxyl groups excluding tert-OH is 2. The number of aromatic nitrogens is 1. The molecule has 0 aromatic carbocycles. The Balaban J connectivity index is 1.19. The van der Waals surface area contributed by atoms with Crippen molar-refractivity contribution < 1.29 is 25.2 Å². The number of carboxylic acid groups (broad SMARTS) is 1. The summed E-state index contributed by atoms with van der Waals surface area (Å²) in [5.74, 6) is -0.857. The van der Waals surface area contributed by atoms with Crippen molar-refractivity contribution in [1.29, 1.82) is 0 Å². The highest BCUT2D eigenvalue weighted by Gasteiger charge is 2.55. The minimum Gasteiger partial charge on any atom is -0.481 e. The van der Waals surface area contributed by atoms with Crippen molar-refractivity contribution in [2.45, 2.75) is 128 Å². The molecule has 8 nitrogen and oxygen atoms in total. The zero-order chi connectivity index (χ0) is 35.0. The third kappa shape index (κ3) is 9.50. The van der Waals surface area contributed by atoms with E-state index in [1.54, 1.807) is 0 Å². The molecule has 10 unspecified atom stereocenters. The molecule has 8 N–H and O–H groups in total. The molecule has 0 bridgehead atoms. The molecule has 1 saturated carbocycles. The number of fused-ring (bicyclic) bond motifs is 1. The Labute approximate surface area is 294 Å². The van der Waals surface area contributed by atoms with E-state index in [1.165, 1.54) is 30.4 Å². The van der Waals surface area contributed by atoms with Crippen LogP contribution >= 0.6 is 0 Å². The SMILES string of the molecule is CCCCCC1C=CC(CCCCCC(C(=O)O)C(O)C2C=CC3C(CC4=CCNC(N)=C4)CC(Cc4cc(CC)c[nH]4)C3(O)C2)C(O)C1. The van der Waals surface area contributed by atoms with Gasteiger partial charge in [-0.15, -0.1) is 0 Å². The molecule has 2 heterocycles. The normalized spacial score (nSPS) is 32.2. The number of hydrogen-bond donors (Lipinski definition) is 7. The molecule has 5 rings (SSSR count). The zero-order valence-corrected chi connectivity index (χ0v) is 29.9. The maximum absolute atomic E-state index is 12.5. The average Bonchev–Trinajstić information content (AvgIpc) is 3.64. The Morgan fingerprint density at radius 2 is 1.86 bits per heavy atom. The van der Waals surface area contributed by atoms with Crippen LogP contribution in [0, 0.1) is 41.4 Å². The molecule has 4 aliphatic rings. The minimum absolute atomic E-state index is 0.0202. The molecular weight excluding hydrogens is 614 g/mol. The first-order valence-electron chi connectivity index (χ1n) is 19.3. The standard InChI is InChI=1S/C41H63N3O5/c1-3-5-7-10-28-13-14-30(37(45)21-28)11-8-6-9-12-35(40(47)48)39(46)31-15-16-36-32(19-29-17-18-43-38(42)22-29)23-33(41(36,49)25-31)24-34-20-27(4-2)26-44-34/h13-17,20,22,26,28,30-33,35-37,39,43-46,49H,3-12,18-19,21,23-25,42H2,1-2H3,(H,47,48). The van der Waals surface area contributed by atoms with Crippen molar-refractivity contribution in [3.8, 4) is 0 Å². The third-order valence-electron chi connectivity index (χ3n) is 12.3. The first-order chi connectivity index (χ1) is 23.6. The predicted octanol–water partition coefficient (Wildman–Crippen LogP) is 6.54. The molecule has 0 amide bonds. The van der Waals surface area contributed by atoms with Crippen molar-refractivity contribution >= 4 is 5.97 Å². The van der Waals surface area contributed by atoms with Crippen LogP contribution < -0.4 is 11.1 Å². The molecule has 0 radical (unpaired) electrons. The number of nitrogens with one attached hydrogen (secondary N) is 2. The Bertz CT molecular complexity index is 1350. The van der Waals surface area contributed by atoms with Crippen molar-refractivity contribution in [1.82, 2.24) is 10.3 Å². The summed E-state index contributed by atoms with van der Waals surface area (Å²) >= 11 is 0. The third-order valence-corrected chi connectivity index (χ3v) is 12.3. The summed E-state index contributed by atoms with van der Waals surface area (Å²) in [6, 6.07) is 2.19. The zero-order valence-electron chi connectivity index (χ0n) is 29.9. The lowest BCUT2D eigenvalue weighted by atomic mass is 9.68. The number of carbonyl (C=O) groups is 1. The molecule has 1 aromatic rings. The van der Waals surface area contributed by atoms with Crippen LogP contribution in [-0.4, -0.2) is 55.7 Å². The van der Waals surface area contributed by atoms with Crippen LogP contribution in [0.5, 0.6) is 0 Å². The number of rotatable bonds is 18. The summed E-state index contributed by atoms with van der Waals surface area (Å²) < 4.78 is 0. The van der Waals surface area contributed by atoms with E-state index in [-0.39, 0.29) is 29.8 Å². The van der Waals surface area contributed by atoms with Gasteiger partial charge in [0.2, 0.25) is 0 Å². The lowest BCUT2D eigenvalue weighted by Crippen LogP contribution is -2.48. The smallest absolute Gasteiger partial charge is 0.309 e. The fourth-order valence-electron chi connectivity index (χ4n) is 9.38. The minimum atomic E-state index is -1.07. The highest BCUT2D eigenvalue weighted by Crippen LogP contribution is 2.54. The number of hydrogen-bond acceptors (Lipinski definition) is 6. The van der Waals surface area contributed by atoms with E-state index in [9.17, 15) is 25.2 Å². The number of aliphatic hydroxyl groups is 3. The molecule has 10 atom stereocenters. The second-order valence-electron chi connectivity index (χ2n) is 15.7. The Kier molecular flexibility index (Phi) is 13.3.